The Bertz CT molecular complexity index is 129. The molecular weight excluding hydrogens is 118 g/mol. The van der Waals surface area contributed by atoms with Gasteiger partial charge in [-0.2, -0.15) is 0 Å². The third-order valence-corrected chi connectivity index (χ3v) is 1.27. The summed E-state index contributed by atoms with van der Waals surface area (Å²) in [6.07, 6.45) is 2.65. The topological polar surface area (TPSA) is 46.2 Å². The quantitative estimate of drug-likeness (QED) is 0.409. The molecule has 0 unspecified atom stereocenters. The maximum Gasteiger partial charge on any atom is 0.208 e. The highest BCUT2D eigenvalue weighted by molar-refractivity contribution is 6.25. The van der Waals surface area contributed by atoms with Gasteiger partial charge in [-0.25, -0.2) is 0 Å². The van der Waals surface area contributed by atoms with Crippen LogP contribution in [0.1, 0.15) is 12.8 Å². The maximum atomic E-state index is 10.3. The monoisotopic (exact) mass is 127 g/mol. The fraction of sp³-hybridized carbons (Fsp3) is 0.667. The van der Waals surface area contributed by atoms with Crippen molar-refractivity contribution in [2.75, 3.05) is 6.54 Å². The number of hydrogen-bond acceptors (Lipinski definition) is 3. The van der Waals surface area contributed by atoms with Gasteiger partial charge >= 0.3 is 0 Å². The summed E-state index contributed by atoms with van der Waals surface area (Å²) in [6.45, 7) is 0.216. The average Bonchev–Trinajstić information content (AvgIpc) is 2.65. The van der Waals surface area contributed by atoms with Crippen molar-refractivity contribution in [1.29, 1.82) is 0 Å². The summed E-state index contributed by atoms with van der Waals surface area (Å²) in [5, 5.41) is 2.93. The summed E-state index contributed by atoms with van der Waals surface area (Å²) >= 11 is 0. The molecule has 0 bridgehead atoms. The second-order valence-electron chi connectivity index (χ2n) is 2.24. The number of nitrogens with one attached hydrogen (secondary N) is 1. The van der Waals surface area contributed by atoms with Crippen molar-refractivity contribution >= 4 is 12.1 Å². The minimum absolute atomic E-state index is 0.216. The lowest BCUT2D eigenvalue weighted by Gasteiger charge is -1.93. The molecule has 0 aliphatic heterocycles. The molecule has 1 saturated carbocycles. The van der Waals surface area contributed by atoms with Crippen LogP contribution in [-0.4, -0.2) is 24.7 Å². The summed E-state index contributed by atoms with van der Waals surface area (Å²) in [5.41, 5.74) is 0. The predicted octanol–water partition coefficient (Wildman–Crippen LogP) is -0.494. The highest BCUT2D eigenvalue weighted by atomic mass is 16.2. The normalized spacial score (nSPS) is 17.3. The first-order valence-corrected chi connectivity index (χ1v) is 3.04. The van der Waals surface area contributed by atoms with E-state index in [9.17, 15) is 9.59 Å². The van der Waals surface area contributed by atoms with Crippen molar-refractivity contribution in [3.8, 4) is 0 Å². The molecule has 0 radical (unpaired) electrons. The minimum atomic E-state index is -0.359. The SMILES string of the molecule is O=CC(=O)CNC1CC1. The fourth-order valence-corrected chi connectivity index (χ4v) is 0.574. The van der Waals surface area contributed by atoms with E-state index in [0.717, 1.165) is 12.8 Å². The van der Waals surface area contributed by atoms with E-state index in [0.29, 0.717) is 12.3 Å². The zero-order valence-corrected chi connectivity index (χ0v) is 5.09. The average molecular weight is 127 g/mol. The molecule has 9 heavy (non-hydrogen) atoms. The van der Waals surface area contributed by atoms with Gasteiger partial charge in [-0.1, -0.05) is 0 Å². The molecular formula is C6H9NO2. The van der Waals surface area contributed by atoms with Crippen LogP contribution in [0.15, 0.2) is 0 Å². The van der Waals surface area contributed by atoms with Gasteiger partial charge in [-0.15, -0.1) is 0 Å². The van der Waals surface area contributed by atoms with Crippen LogP contribution in [0.5, 0.6) is 0 Å². The number of hydrogen-bond donors (Lipinski definition) is 1. The lowest BCUT2D eigenvalue weighted by molar-refractivity contribution is -0.129. The first kappa shape index (κ1) is 6.42. The molecule has 1 N–H and O–H groups in total. The second kappa shape index (κ2) is 2.73. The van der Waals surface area contributed by atoms with E-state index in [1.54, 1.807) is 0 Å². The number of aldehydes is 1. The van der Waals surface area contributed by atoms with Crippen molar-refractivity contribution in [3.05, 3.63) is 0 Å². The fourth-order valence-electron chi connectivity index (χ4n) is 0.574. The summed E-state index contributed by atoms with van der Waals surface area (Å²) < 4.78 is 0. The first-order valence-electron chi connectivity index (χ1n) is 3.04. The zero-order chi connectivity index (χ0) is 6.69. The van der Waals surface area contributed by atoms with Crippen LogP contribution >= 0.6 is 0 Å². The molecule has 0 heterocycles. The van der Waals surface area contributed by atoms with Crippen LogP contribution in [0.2, 0.25) is 0 Å². The highest BCUT2D eigenvalue weighted by Gasteiger charge is 2.20. The number of carbonyl (C=O) groups is 2. The van der Waals surface area contributed by atoms with Gasteiger partial charge in [-0.3, -0.25) is 9.59 Å². The van der Waals surface area contributed by atoms with E-state index in [4.69, 9.17) is 0 Å². The summed E-state index contributed by atoms with van der Waals surface area (Å²) in [4.78, 5) is 20.1. The highest BCUT2D eigenvalue weighted by Crippen LogP contribution is 2.17. The molecule has 1 aliphatic carbocycles. The van der Waals surface area contributed by atoms with Crippen molar-refractivity contribution in [3.63, 3.8) is 0 Å². The standard InChI is InChI=1S/C6H9NO2/c8-4-6(9)3-7-5-1-2-5/h4-5,7H,1-3H2. The third-order valence-electron chi connectivity index (χ3n) is 1.27. The van der Waals surface area contributed by atoms with Gasteiger partial charge in [0, 0.05) is 6.04 Å². The van der Waals surface area contributed by atoms with Crippen molar-refractivity contribution in [1.82, 2.24) is 5.32 Å². The number of Topliss-reactive ketones (excluding diaryl/α,β-unsaturated/α-hetero) is 1. The van der Waals surface area contributed by atoms with E-state index in [2.05, 4.69) is 5.32 Å². The van der Waals surface area contributed by atoms with Gasteiger partial charge in [0.05, 0.1) is 6.54 Å². The molecule has 1 fully saturated rings. The number of ketones is 1. The molecule has 1 aliphatic rings. The zero-order valence-electron chi connectivity index (χ0n) is 5.09. The summed E-state index contributed by atoms with van der Waals surface area (Å²) in [7, 11) is 0. The van der Waals surface area contributed by atoms with Gasteiger partial charge in [0.15, 0.2) is 6.29 Å². The van der Waals surface area contributed by atoms with E-state index in [1.165, 1.54) is 0 Å². The molecule has 1 rings (SSSR count). The summed E-state index contributed by atoms with van der Waals surface area (Å²) in [5.74, 6) is -0.359. The van der Waals surface area contributed by atoms with E-state index >= 15 is 0 Å². The van der Waals surface area contributed by atoms with Gasteiger partial charge in [0.1, 0.15) is 0 Å². The van der Waals surface area contributed by atoms with Crippen molar-refractivity contribution in [2.45, 2.75) is 18.9 Å². The van der Waals surface area contributed by atoms with Crippen LogP contribution < -0.4 is 5.32 Å². The van der Waals surface area contributed by atoms with Crippen LogP contribution in [0.3, 0.4) is 0 Å². The Kier molecular flexibility index (Phi) is 1.95. The Labute approximate surface area is 53.4 Å². The number of carbonyl (C=O) groups excluding carboxylic acids is 2. The van der Waals surface area contributed by atoms with Crippen molar-refractivity contribution in [2.24, 2.45) is 0 Å². The molecule has 0 saturated heterocycles. The molecule has 50 valence electrons. The van der Waals surface area contributed by atoms with E-state index in [1.807, 2.05) is 0 Å². The molecule has 0 aromatic carbocycles. The van der Waals surface area contributed by atoms with Gasteiger partial charge in [0.2, 0.25) is 5.78 Å². The number of rotatable bonds is 4. The van der Waals surface area contributed by atoms with Gasteiger partial charge in [0.25, 0.3) is 0 Å². The molecule has 3 nitrogen and oxygen atoms in total. The molecule has 0 spiro atoms. The van der Waals surface area contributed by atoms with Crippen LogP contribution in [0.25, 0.3) is 0 Å². The molecule has 0 amide bonds. The Morgan fingerprint density at radius 1 is 1.67 bits per heavy atom. The lowest BCUT2D eigenvalue weighted by atomic mass is 10.4. The molecule has 0 aromatic heterocycles. The Morgan fingerprint density at radius 3 is 2.78 bits per heavy atom. The van der Waals surface area contributed by atoms with Crippen LogP contribution in [0.4, 0.5) is 0 Å². The van der Waals surface area contributed by atoms with Gasteiger partial charge in [-0.05, 0) is 12.8 Å². The predicted molar refractivity (Wildman–Crippen MR) is 32.1 cm³/mol. The molecule has 0 aromatic rings. The second-order valence-corrected chi connectivity index (χ2v) is 2.24. The van der Waals surface area contributed by atoms with Crippen LogP contribution in [0, 0.1) is 0 Å². The maximum absolute atomic E-state index is 10.3. The smallest absolute Gasteiger partial charge is 0.208 e. The molecule has 0 atom stereocenters. The first-order chi connectivity index (χ1) is 4.33. The third kappa shape index (κ3) is 2.37. The minimum Gasteiger partial charge on any atom is -0.307 e. The van der Waals surface area contributed by atoms with Crippen LogP contribution in [-0.2, 0) is 9.59 Å². The Balaban J connectivity index is 2.02. The summed E-state index contributed by atoms with van der Waals surface area (Å²) in [6, 6.07) is 0.508. The van der Waals surface area contributed by atoms with E-state index < -0.39 is 0 Å². The Hall–Kier alpha value is -0.700. The lowest BCUT2D eigenvalue weighted by Crippen LogP contribution is -2.25. The Morgan fingerprint density at radius 2 is 2.33 bits per heavy atom. The largest absolute Gasteiger partial charge is 0.307 e. The van der Waals surface area contributed by atoms with Crippen molar-refractivity contribution < 1.29 is 9.59 Å². The molecule has 3 heteroatoms. The van der Waals surface area contributed by atoms with E-state index in [-0.39, 0.29) is 12.3 Å². The van der Waals surface area contributed by atoms with Gasteiger partial charge < -0.3 is 5.32 Å².